The van der Waals surface area contributed by atoms with Crippen LogP contribution in [0.15, 0.2) is 0 Å². The lowest BCUT2D eigenvalue weighted by Crippen LogP contribution is -2.29. The molecule has 1 aliphatic rings. The quantitative estimate of drug-likeness (QED) is 0.784. The SMILES string of the molecule is CNC(CCC1CCCCO1)CCC(F)(F)F. The van der Waals surface area contributed by atoms with E-state index in [0.717, 1.165) is 32.3 Å². The third-order valence-corrected chi connectivity index (χ3v) is 3.30. The monoisotopic (exact) mass is 253 g/mol. The summed E-state index contributed by atoms with van der Waals surface area (Å²) in [6.07, 6.45) is 0.631. The van der Waals surface area contributed by atoms with Gasteiger partial charge >= 0.3 is 6.18 Å². The van der Waals surface area contributed by atoms with Gasteiger partial charge in [0.05, 0.1) is 6.10 Å². The molecule has 1 heterocycles. The molecular weight excluding hydrogens is 231 g/mol. The van der Waals surface area contributed by atoms with Gasteiger partial charge in [0.15, 0.2) is 0 Å². The molecule has 0 bridgehead atoms. The van der Waals surface area contributed by atoms with Crippen molar-refractivity contribution in [1.29, 1.82) is 0 Å². The van der Waals surface area contributed by atoms with Crippen molar-refractivity contribution < 1.29 is 17.9 Å². The van der Waals surface area contributed by atoms with Gasteiger partial charge in [0.25, 0.3) is 0 Å². The van der Waals surface area contributed by atoms with E-state index in [1.165, 1.54) is 6.42 Å². The summed E-state index contributed by atoms with van der Waals surface area (Å²) in [5.41, 5.74) is 0. The first kappa shape index (κ1) is 14.8. The molecule has 1 rings (SSSR count). The van der Waals surface area contributed by atoms with Crippen molar-refractivity contribution in [3.05, 3.63) is 0 Å². The van der Waals surface area contributed by atoms with Crippen LogP contribution in [0.3, 0.4) is 0 Å². The van der Waals surface area contributed by atoms with Gasteiger partial charge in [-0.25, -0.2) is 0 Å². The van der Waals surface area contributed by atoms with Crippen LogP contribution in [0.5, 0.6) is 0 Å². The van der Waals surface area contributed by atoms with E-state index in [1.54, 1.807) is 7.05 Å². The zero-order valence-electron chi connectivity index (χ0n) is 10.4. The van der Waals surface area contributed by atoms with E-state index in [-0.39, 0.29) is 18.6 Å². The van der Waals surface area contributed by atoms with E-state index in [0.29, 0.717) is 0 Å². The molecule has 102 valence electrons. The van der Waals surface area contributed by atoms with Gasteiger partial charge in [-0.1, -0.05) is 0 Å². The second-order valence-electron chi connectivity index (χ2n) is 4.71. The van der Waals surface area contributed by atoms with E-state index < -0.39 is 12.6 Å². The molecule has 2 atom stereocenters. The maximum atomic E-state index is 12.1. The molecule has 1 fully saturated rings. The van der Waals surface area contributed by atoms with E-state index in [4.69, 9.17) is 4.74 Å². The highest BCUT2D eigenvalue weighted by atomic mass is 19.4. The Balaban J connectivity index is 2.17. The van der Waals surface area contributed by atoms with Gasteiger partial charge in [-0.15, -0.1) is 0 Å². The molecule has 0 radical (unpaired) electrons. The number of halogens is 3. The molecule has 5 heteroatoms. The molecule has 0 aliphatic carbocycles. The van der Waals surface area contributed by atoms with Crippen molar-refractivity contribution in [2.45, 2.75) is 63.3 Å². The maximum Gasteiger partial charge on any atom is 0.389 e. The van der Waals surface area contributed by atoms with E-state index in [1.807, 2.05) is 0 Å². The highest BCUT2D eigenvalue weighted by Gasteiger charge is 2.28. The molecule has 0 spiro atoms. The fraction of sp³-hybridized carbons (Fsp3) is 1.00. The average molecular weight is 253 g/mol. The molecule has 1 N–H and O–H groups in total. The summed E-state index contributed by atoms with van der Waals surface area (Å²) >= 11 is 0. The first-order valence-corrected chi connectivity index (χ1v) is 6.37. The van der Waals surface area contributed by atoms with Crippen LogP contribution in [0.2, 0.25) is 0 Å². The van der Waals surface area contributed by atoms with E-state index in [9.17, 15) is 13.2 Å². The standard InChI is InChI=1S/C12H22F3NO/c1-16-10(7-8-12(13,14)15)5-6-11-4-2-3-9-17-11/h10-11,16H,2-9H2,1H3. The number of nitrogens with one attached hydrogen (secondary N) is 1. The number of alkyl halides is 3. The van der Waals surface area contributed by atoms with Gasteiger partial charge in [-0.3, -0.25) is 0 Å². The Kier molecular flexibility index (Phi) is 6.27. The van der Waals surface area contributed by atoms with Crippen molar-refractivity contribution in [3.63, 3.8) is 0 Å². The Morgan fingerprint density at radius 1 is 1.29 bits per heavy atom. The highest BCUT2D eigenvalue weighted by Crippen LogP contribution is 2.24. The first-order valence-electron chi connectivity index (χ1n) is 6.37. The normalized spacial score (nSPS) is 23.6. The molecule has 0 aromatic carbocycles. The third kappa shape index (κ3) is 6.88. The average Bonchev–Trinajstić information content (AvgIpc) is 2.29. The van der Waals surface area contributed by atoms with Crippen LogP contribution in [0.1, 0.15) is 44.9 Å². The zero-order valence-corrected chi connectivity index (χ0v) is 10.4. The van der Waals surface area contributed by atoms with Gasteiger partial charge in [0, 0.05) is 19.1 Å². The van der Waals surface area contributed by atoms with Gasteiger partial charge in [-0.2, -0.15) is 13.2 Å². The largest absolute Gasteiger partial charge is 0.389 e. The Morgan fingerprint density at radius 3 is 2.59 bits per heavy atom. The Hall–Kier alpha value is -0.290. The maximum absolute atomic E-state index is 12.1. The number of hydrogen-bond acceptors (Lipinski definition) is 2. The predicted octanol–water partition coefficient (Wildman–Crippen LogP) is 3.27. The van der Waals surface area contributed by atoms with Crippen LogP contribution in [0, 0.1) is 0 Å². The van der Waals surface area contributed by atoms with Crippen LogP contribution >= 0.6 is 0 Å². The van der Waals surface area contributed by atoms with Crippen molar-refractivity contribution in [2.75, 3.05) is 13.7 Å². The zero-order chi connectivity index (χ0) is 12.7. The Labute approximate surface area is 101 Å². The molecule has 1 aliphatic heterocycles. The van der Waals surface area contributed by atoms with Crippen LogP contribution in [0.25, 0.3) is 0 Å². The summed E-state index contributed by atoms with van der Waals surface area (Å²) in [6, 6.07) is -0.0536. The summed E-state index contributed by atoms with van der Waals surface area (Å²) < 4.78 is 41.9. The highest BCUT2D eigenvalue weighted by molar-refractivity contribution is 4.71. The summed E-state index contributed by atoms with van der Waals surface area (Å²) in [5, 5.41) is 2.96. The minimum atomic E-state index is -4.05. The third-order valence-electron chi connectivity index (χ3n) is 3.30. The summed E-state index contributed by atoms with van der Waals surface area (Å²) in [7, 11) is 1.72. The molecular formula is C12H22F3NO. The lowest BCUT2D eigenvalue weighted by molar-refractivity contribution is -0.136. The Morgan fingerprint density at radius 2 is 2.06 bits per heavy atom. The van der Waals surface area contributed by atoms with Crippen LogP contribution in [0.4, 0.5) is 13.2 Å². The van der Waals surface area contributed by atoms with Crippen molar-refractivity contribution in [2.24, 2.45) is 0 Å². The topological polar surface area (TPSA) is 21.3 Å². The smallest absolute Gasteiger partial charge is 0.378 e. The summed E-state index contributed by atoms with van der Waals surface area (Å²) in [5.74, 6) is 0. The number of hydrogen-bond donors (Lipinski definition) is 1. The second kappa shape index (κ2) is 7.21. The lowest BCUT2D eigenvalue weighted by Gasteiger charge is -2.25. The van der Waals surface area contributed by atoms with Crippen molar-refractivity contribution in [3.8, 4) is 0 Å². The second-order valence-corrected chi connectivity index (χ2v) is 4.71. The Bertz CT molecular complexity index is 202. The first-order chi connectivity index (χ1) is 8.01. The van der Waals surface area contributed by atoms with Gasteiger partial charge in [0.1, 0.15) is 0 Å². The van der Waals surface area contributed by atoms with E-state index >= 15 is 0 Å². The fourth-order valence-corrected chi connectivity index (χ4v) is 2.19. The molecule has 2 nitrogen and oxygen atoms in total. The summed E-state index contributed by atoms with van der Waals surface area (Å²) in [4.78, 5) is 0. The van der Waals surface area contributed by atoms with Crippen LogP contribution < -0.4 is 5.32 Å². The predicted molar refractivity (Wildman–Crippen MR) is 61.0 cm³/mol. The van der Waals surface area contributed by atoms with Gasteiger partial charge < -0.3 is 10.1 Å². The van der Waals surface area contributed by atoms with Gasteiger partial charge in [-0.05, 0) is 45.6 Å². The molecule has 0 saturated carbocycles. The van der Waals surface area contributed by atoms with Crippen LogP contribution in [-0.2, 0) is 4.74 Å². The van der Waals surface area contributed by atoms with Gasteiger partial charge in [0.2, 0.25) is 0 Å². The minimum absolute atomic E-state index is 0.0536. The molecule has 1 saturated heterocycles. The molecule has 0 amide bonds. The molecule has 0 aromatic heterocycles. The lowest BCUT2D eigenvalue weighted by atomic mass is 9.99. The molecule has 0 aromatic rings. The van der Waals surface area contributed by atoms with Crippen molar-refractivity contribution in [1.82, 2.24) is 5.32 Å². The molecule has 17 heavy (non-hydrogen) atoms. The number of ether oxygens (including phenoxy) is 1. The fourth-order valence-electron chi connectivity index (χ4n) is 2.19. The van der Waals surface area contributed by atoms with Crippen LogP contribution in [-0.4, -0.2) is 32.0 Å². The minimum Gasteiger partial charge on any atom is -0.378 e. The summed E-state index contributed by atoms with van der Waals surface area (Å²) in [6.45, 7) is 0.803. The van der Waals surface area contributed by atoms with E-state index in [2.05, 4.69) is 5.32 Å². The number of rotatable bonds is 6. The molecule has 2 unspecified atom stereocenters. The van der Waals surface area contributed by atoms with Crippen molar-refractivity contribution >= 4 is 0 Å².